The number of hydrogen-bond donors (Lipinski definition) is 0. The van der Waals surface area contributed by atoms with E-state index in [1.165, 1.54) is 27.8 Å². The Morgan fingerprint density at radius 3 is 0.771 bits per heavy atom. The lowest BCUT2D eigenvalue weighted by atomic mass is 9.94. The van der Waals surface area contributed by atoms with Crippen LogP contribution in [0.5, 0.6) is 0 Å². The number of rotatable bonds is 7. The zero-order chi connectivity index (χ0) is 32.1. The van der Waals surface area contributed by atoms with Crippen LogP contribution in [-0.4, -0.2) is 15.0 Å². The molecule has 0 saturated carbocycles. The minimum absolute atomic E-state index is 0.636. The molecule has 0 spiro atoms. The van der Waals surface area contributed by atoms with E-state index in [9.17, 15) is 0 Å². The standard InChI is InChI=1S/C45H31N3/c1-4-12-32(13-5-1)34-20-26-38(27-21-34)43-46-44(39-28-22-35(23-29-39)33-14-6-2-7-15-33)48-45(47-43)40-30-24-37(25-31-40)42-19-11-10-18-41(42)36-16-8-3-9-17-36/h1-31H. The molecule has 3 heteroatoms. The molecular weight excluding hydrogens is 583 g/mol. The van der Waals surface area contributed by atoms with Gasteiger partial charge in [0.05, 0.1) is 0 Å². The number of nitrogens with zero attached hydrogens (tertiary/aromatic N) is 3. The van der Waals surface area contributed by atoms with Crippen LogP contribution < -0.4 is 0 Å². The molecule has 1 heterocycles. The van der Waals surface area contributed by atoms with Gasteiger partial charge in [-0.15, -0.1) is 0 Å². The third kappa shape index (κ3) is 6.05. The van der Waals surface area contributed by atoms with Gasteiger partial charge in [-0.25, -0.2) is 15.0 Å². The third-order valence-corrected chi connectivity index (χ3v) is 8.60. The molecular formula is C45H31N3. The van der Waals surface area contributed by atoms with E-state index in [1.807, 2.05) is 18.2 Å². The van der Waals surface area contributed by atoms with Crippen molar-refractivity contribution in [3.05, 3.63) is 188 Å². The maximum absolute atomic E-state index is 5.01. The molecule has 0 bridgehead atoms. The second-order valence-corrected chi connectivity index (χ2v) is 11.7. The van der Waals surface area contributed by atoms with Crippen molar-refractivity contribution in [1.82, 2.24) is 15.0 Å². The van der Waals surface area contributed by atoms with Crippen LogP contribution in [0.1, 0.15) is 0 Å². The molecule has 0 saturated heterocycles. The zero-order valence-corrected chi connectivity index (χ0v) is 26.2. The minimum Gasteiger partial charge on any atom is -0.208 e. The van der Waals surface area contributed by atoms with Crippen LogP contribution in [-0.2, 0) is 0 Å². The molecule has 0 aliphatic heterocycles. The molecule has 8 rings (SSSR count). The fraction of sp³-hybridized carbons (Fsp3) is 0. The van der Waals surface area contributed by atoms with Crippen molar-refractivity contribution in [2.24, 2.45) is 0 Å². The number of benzene rings is 7. The molecule has 226 valence electrons. The summed E-state index contributed by atoms with van der Waals surface area (Å²) in [6.45, 7) is 0. The van der Waals surface area contributed by atoms with Crippen LogP contribution in [0.25, 0.3) is 78.7 Å². The molecule has 0 fully saturated rings. The second kappa shape index (κ2) is 13.1. The van der Waals surface area contributed by atoms with Crippen LogP contribution in [0.4, 0.5) is 0 Å². The van der Waals surface area contributed by atoms with Crippen LogP contribution in [0, 0.1) is 0 Å². The lowest BCUT2D eigenvalue weighted by molar-refractivity contribution is 1.07. The molecule has 0 aliphatic rings. The Labute approximate surface area is 280 Å². The maximum atomic E-state index is 5.01. The largest absolute Gasteiger partial charge is 0.208 e. The fourth-order valence-electron chi connectivity index (χ4n) is 6.05. The molecule has 8 aromatic rings. The minimum atomic E-state index is 0.636. The summed E-state index contributed by atoms with van der Waals surface area (Å²) in [5, 5.41) is 0. The highest BCUT2D eigenvalue weighted by molar-refractivity contribution is 5.84. The van der Waals surface area contributed by atoms with Crippen molar-refractivity contribution in [3.8, 4) is 78.7 Å². The molecule has 1 aromatic heterocycles. The van der Waals surface area contributed by atoms with Crippen LogP contribution in [0.2, 0.25) is 0 Å². The molecule has 7 aromatic carbocycles. The monoisotopic (exact) mass is 613 g/mol. The van der Waals surface area contributed by atoms with E-state index in [-0.39, 0.29) is 0 Å². The Bertz CT molecular complexity index is 2180. The van der Waals surface area contributed by atoms with Crippen molar-refractivity contribution >= 4 is 0 Å². The first-order valence-electron chi connectivity index (χ1n) is 16.1. The van der Waals surface area contributed by atoms with Crippen molar-refractivity contribution in [2.45, 2.75) is 0 Å². The van der Waals surface area contributed by atoms with E-state index in [0.717, 1.165) is 33.4 Å². The van der Waals surface area contributed by atoms with Crippen molar-refractivity contribution in [3.63, 3.8) is 0 Å². The highest BCUT2D eigenvalue weighted by Gasteiger charge is 2.14. The SMILES string of the molecule is c1ccc(-c2ccc(-c3nc(-c4ccc(-c5ccccc5)cc4)nc(-c4ccc(-c5ccccc5-c5ccccc5)cc4)n3)cc2)cc1. The summed E-state index contributed by atoms with van der Waals surface area (Å²) < 4.78 is 0. The van der Waals surface area contributed by atoms with Gasteiger partial charge in [0, 0.05) is 16.7 Å². The average Bonchev–Trinajstić information content (AvgIpc) is 3.19. The first-order chi connectivity index (χ1) is 23.8. The first-order valence-corrected chi connectivity index (χ1v) is 16.1. The Kier molecular flexibility index (Phi) is 7.92. The van der Waals surface area contributed by atoms with Crippen molar-refractivity contribution < 1.29 is 0 Å². The van der Waals surface area contributed by atoms with Gasteiger partial charge in [-0.3, -0.25) is 0 Å². The zero-order valence-electron chi connectivity index (χ0n) is 26.2. The normalized spacial score (nSPS) is 10.9. The molecule has 0 unspecified atom stereocenters. The Morgan fingerprint density at radius 2 is 0.417 bits per heavy atom. The van der Waals surface area contributed by atoms with Gasteiger partial charge in [0.2, 0.25) is 0 Å². The van der Waals surface area contributed by atoms with Crippen LogP contribution in [0.3, 0.4) is 0 Å². The van der Waals surface area contributed by atoms with E-state index in [4.69, 9.17) is 15.0 Å². The molecule has 0 N–H and O–H groups in total. The summed E-state index contributed by atoms with van der Waals surface area (Å²) in [4.78, 5) is 15.0. The van der Waals surface area contributed by atoms with Gasteiger partial charge in [0.1, 0.15) is 0 Å². The van der Waals surface area contributed by atoms with Gasteiger partial charge in [-0.05, 0) is 44.5 Å². The summed E-state index contributed by atoms with van der Waals surface area (Å²) in [7, 11) is 0. The van der Waals surface area contributed by atoms with Gasteiger partial charge in [0.15, 0.2) is 17.5 Å². The Morgan fingerprint density at radius 1 is 0.188 bits per heavy atom. The van der Waals surface area contributed by atoms with Crippen LogP contribution in [0.15, 0.2) is 188 Å². The lowest BCUT2D eigenvalue weighted by Gasteiger charge is -2.12. The summed E-state index contributed by atoms with van der Waals surface area (Å²) in [6, 6.07) is 65.2. The predicted molar refractivity (Wildman–Crippen MR) is 198 cm³/mol. The van der Waals surface area contributed by atoms with Crippen LogP contribution >= 0.6 is 0 Å². The Hall–Kier alpha value is -6.45. The van der Waals surface area contributed by atoms with E-state index in [0.29, 0.717) is 17.5 Å². The molecule has 0 amide bonds. The van der Waals surface area contributed by atoms with Gasteiger partial charge in [-0.1, -0.05) is 188 Å². The van der Waals surface area contributed by atoms with Gasteiger partial charge >= 0.3 is 0 Å². The van der Waals surface area contributed by atoms with Gasteiger partial charge in [0.25, 0.3) is 0 Å². The lowest BCUT2D eigenvalue weighted by Crippen LogP contribution is -2.00. The fourth-order valence-corrected chi connectivity index (χ4v) is 6.05. The third-order valence-electron chi connectivity index (χ3n) is 8.60. The van der Waals surface area contributed by atoms with Crippen molar-refractivity contribution in [2.75, 3.05) is 0 Å². The van der Waals surface area contributed by atoms with E-state index in [1.54, 1.807) is 0 Å². The quantitative estimate of drug-likeness (QED) is 0.179. The van der Waals surface area contributed by atoms with E-state index >= 15 is 0 Å². The Balaban J connectivity index is 1.18. The highest BCUT2D eigenvalue weighted by Crippen LogP contribution is 2.34. The molecule has 3 nitrogen and oxygen atoms in total. The second-order valence-electron chi connectivity index (χ2n) is 11.7. The number of aromatic nitrogens is 3. The van der Waals surface area contributed by atoms with Gasteiger partial charge < -0.3 is 0 Å². The number of hydrogen-bond acceptors (Lipinski definition) is 3. The van der Waals surface area contributed by atoms with E-state index < -0.39 is 0 Å². The average molecular weight is 614 g/mol. The summed E-state index contributed by atoms with van der Waals surface area (Å²) in [5.74, 6) is 1.91. The first kappa shape index (κ1) is 29.0. The van der Waals surface area contributed by atoms with E-state index in [2.05, 4.69) is 170 Å². The molecule has 48 heavy (non-hydrogen) atoms. The smallest absolute Gasteiger partial charge is 0.164 e. The molecule has 0 radical (unpaired) electrons. The topological polar surface area (TPSA) is 38.7 Å². The summed E-state index contributed by atoms with van der Waals surface area (Å²) in [6.07, 6.45) is 0. The molecule has 0 aliphatic carbocycles. The molecule has 0 atom stereocenters. The highest BCUT2D eigenvalue weighted by atomic mass is 15.0. The summed E-state index contributed by atoms with van der Waals surface area (Å²) >= 11 is 0. The summed E-state index contributed by atoms with van der Waals surface area (Å²) in [5.41, 5.74) is 12.2. The maximum Gasteiger partial charge on any atom is 0.164 e. The van der Waals surface area contributed by atoms with Crippen molar-refractivity contribution in [1.29, 1.82) is 0 Å². The predicted octanol–water partition coefficient (Wildman–Crippen LogP) is 11.5. The van der Waals surface area contributed by atoms with Gasteiger partial charge in [-0.2, -0.15) is 0 Å².